The van der Waals surface area contributed by atoms with Gasteiger partial charge in [-0.2, -0.15) is 0 Å². The Bertz CT molecular complexity index is 695. The van der Waals surface area contributed by atoms with Crippen molar-refractivity contribution in [2.75, 3.05) is 5.32 Å². The third kappa shape index (κ3) is 2.52. The summed E-state index contributed by atoms with van der Waals surface area (Å²) < 4.78 is 2.21. The van der Waals surface area contributed by atoms with Crippen LogP contribution in [0.2, 0.25) is 0 Å². The van der Waals surface area contributed by atoms with Crippen molar-refractivity contribution < 1.29 is 0 Å². The number of aryl methyl sites for hydroxylation is 1. The van der Waals surface area contributed by atoms with Crippen LogP contribution >= 0.6 is 0 Å². The van der Waals surface area contributed by atoms with E-state index >= 15 is 0 Å². The number of rotatable bonds is 5. The molecule has 0 bridgehead atoms. The zero-order valence-electron chi connectivity index (χ0n) is 11.7. The highest BCUT2D eigenvalue weighted by molar-refractivity contribution is 5.93. The monoisotopic (exact) mass is 265 g/mol. The minimum Gasteiger partial charge on any atom is -0.377 e. The van der Waals surface area contributed by atoms with E-state index in [-0.39, 0.29) is 0 Å². The molecule has 1 N–H and O–H groups in total. The van der Waals surface area contributed by atoms with Gasteiger partial charge in [-0.3, -0.25) is 0 Å². The van der Waals surface area contributed by atoms with E-state index in [1.807, 2.05) is 12.4 Å². The number of nitrogens with zero attached hydrogens (tertiary/aromatic N) is 2. The fourth-order valence-electron chi connectivity index (χ4n) is 2.51. The number of imidazole rings is 1. The molecule has 3 aromatic rings. The van der Waals surface area contributed by atoms with Crippen LogP contribution in [-0.4, -0.2) is 9.55 Å². The molecular weight excluding hydrogens is 246 g/mol. The van der Waals surface area contributed by atoms with Crippen molar-refractivity contribution in [3.05, 3.63) is 60.7 Å². The van der Waals surface area contributed by atoms with Crippen LogP contribution in [0.5, 0.6) is 0 Å². The van der Waals surface area contributed by atoms with Crippen LogP contribution in [-0.2, 0) is 13.1 Å². The van der Waals surface area contributed by atoms with E-state index < -0.39 is 0 Å². The summed E-state index contributed by atoms with van der Waals surface area (Å²) in [6.07, 6.45) is 5.04. The number of benzene rings is 2. The molecule has 3 nitrogen and oxygen atoms in total. The molecule has 0 atom stereocenters. The van der Waals surface area contributed by atoms with Gasteiger partial charge in [0, 0.05) is 30.0 Å². The first-order valence-electron chi connectivity index (χ1n) is 7.10. The minimum absolute atomic E-state index is 0.751. The Hall–Kier alpha value is -2.29. The quantitative estimate of drug-likeness (QED) is 0.754. The lowest BCUT2D eigenvalue weighted by molar-refractivity contribution is 0.644. The fraction of sp³-hybridized carbons (Fsp3) is 0.235. The van der Waals surface area contributed by atoms with Crippen LogP contribution in [0, 0.1) is 0 Å². The van der Waals surface area contributed by atoms with Crippen molar-refractivity contribution in [3.63, 3.8) is 0 Å². The van der Waals surface area contributed by atoms with Crippen LogP contribution in [0.15, 0.2) is 54.9 Å². The molecular formula is C17H19N3. The maximum absolute atomic E-state index is 4.43. The van der Waals surface area contributed by atoms with Crippen molar-refractivity contribution in [2.24, 2.45) is 0 Å². The Kier molecular flexibility index (Phi) is 3.68. The third-order valence-corrected chi connectivity index (χ3v) is 3.49. The van der Waals surface area contributed by atoms with E-state index in [4.69, 9.17) is 0 Å². The Balaban J connectivity index is 1.81. The maximum Gasteiger partial charge on any atom is 0.128 e. The van der Waals surface area contributed by atoms with E-state index in [1.54, 1.807) is 0 Å². The SMILES string of the molecule is CCCn1ccnc1CNc1cccc2ccccc12. The Morgan fingerprint density at radius 1 is 1.10 bits per heavy atom. The maximum atomic E-state index is 4.43. The third-order valence-electron chi connectivity index (χ3n) is 3.49. The second-order valence-corrected chi connectivity index (χ2v) is 4.92. The van der Waals surface area contributed by atoms with Crippen molar-refractivity contribution >= 4 is 16.5 Å². The second kappa shape index (κ2) is 5.78. The molecule has 0 saturated carbocycles. The molecule has 0 saturated heterocycles. The highest BCUT2D eigenvalue weighted by Crippen LogP contribution is 2.23. The van der Waals surface area contributed by atoms with Gasteiger partial charge >= 0.3 is 0 Å². The second-order valence-electron chi connectivity index (χ2n) is 4.92. The molecule has 2 aromatic carbocycles. The lowest BCUT2D eigenvalue weighted by atomic mass is 10.1. The van der Waals surface area contributed by atoms with Gasteiger partial charge in [0.15, 0.2) is 0 Å². The van der Waals surface area contributed by atoms with Crippen LogP contribution < -0.4 is 5.32 Å². The first kappa shape index (κ1) is 12.7. The molecule has 0 spiro atoms. The zero-order chi connectivity index (χ0) is 13.8. The fourth-order valence-corrected chi connectivity index (χ4v) is 2.51. The summed E-state index contributed by atoms with van der Waals surface area (Å²) in [4.78, 5) is 4.43. The smallest absolute Gasteiger partial charge is 0.128 e. The predicted octanol–water partition coefficient (Wildman–Crippen LogP) is 4.06. The summed E-state index contributed by atoms with van der Waals surface area (Å²) in [5.74, 6) is 1.08. The lowest BCUT2D eigenvalue weighted by Gasteiger charge is -2.11. The van der Waals surface area contributed by atoms with Gasteiger partial charge in [0.1, 0.15) is 5.82 Å². The van der Waals surface area contributed by atoms with Crippen molar-refractivity contribution in [3.8, 4) is 0 Å². The molecule has 0 radical (unpaired) electrons. The van der Waals surface area contributed by atoms with Gasteiger partial charge in [-0.15, -0.1) is 0 Å². The van der Waals surface area contributed by atoms with E-state index in [0.29, 0.717) is 0 Å². The average molecular weight is 265 g/mol. The first-order chi connectivity index (χ1) is 9.88. The standard InChI is InChI=1S/C17H19N3/c1-2-11-20-12-10-18-17(20)13-19-16-9-5-7-14-6-3-4-8-15(14)16/h3-10,12,19H,2,11,13H2,1H3. The summed E-state index contributed by atoms with van der Waals surface area (Å²) in [7, 11) is 0. The number of nitrogens with one attached hydrogen (secondary N) is 1. The molecule has 3 rings (SSSR count). The molecule has 1 aromatic heterocycles. The first-order valence-corrected chi connectivity index (χ1v) is 7.10. The molecule has 3 heteroatoms. The summed E-state index contributed by atoms with van der Waals surface area (Å²) >= 11 is 0. The molecule has 0 aliphatic rings. The van der Waals surface area contributed by atoms with Gasteiger partial charge in [-0.25, -0.2) is 4.98 Å². The van der Waals surface area contributed by atoms with Crippen LogP contribution in [0.4, 0.5) is 5.69 Å². The Morgan fingerprint density at radius 2 is 1.95 bits per heavy atom. The van der Waals surface area contributed by atoms with E-state index in [9.17, 15) is 0 Å². The van der Waals surface area contributed by atoms with Crippen molar-refractivity contribution in [1.29, 1.82) is 0 Å². The van der Waals surface area contributed by atoms with Crippen LogP contribution in [0.1, 0.15) is 19.2 Å². The van der Waals surface area contributed by atoms with Crippen molar-refractivity contribution in [1.82, 2.24) is 9.55 Å². The van der Waals surface area contributed by atoms with E-state index in [1.165, 1.54) is 10.8 Å². The Labute approximate surface area is 119 Å². The molecule has 102 valence electrons. The van der Waals surface area contributed by atoms with Crippen LogP contribution in [0.3, 0.4) is 0 Å². The molecule has 0 unspecified atom stereocenters. The predicted molar refractivity (Wildman–Crippen MR) is 83.8 cm³/mol. The highest BCUT2D eigenvalue weighted by Gasteiger charge is 2.03. The van der Waals surface area contributed by atoms with Crippen LogP contribution in [0.25, 0.3) is 10.8 Å². The molecule has 0 fully saturated rings. The number of fused-ring (bicyclic) bond motifs is 1. The normalized spacial score (nSPS) is 10.8. The highest BCUT2D eigenvalue weighted by atomic mass is 15.1. The average Bonchev–Trinajstić information content (AvgIpc) is 2.93. The molecule has 20 heavy (non-hydrogen) atoms. The largest absolute Gasteiger partial charge is 0.377 e. The van der Waals surface area contributed by atoms with Gasteiger partial charge in [-0.05, 0) is 17.9 Å². The summed E-state index contributed by atoms with van der Waals surface area (Å²) in [5, 5.41) is 6.02. The number of hydrogen-bond acceptors (Lipinski definition) is 2. The zero-order valence-corrected chi connectivity index (χ0v) is 11.7. The van der Waals surface area contributed by atoms with Gasteiger partial charge in [0.2, 0.25) is 0 Å². The lowest BCUT2D eigenvalue weighted by Crippen LogP contribution is -2.08. The summed E-state index contributed by atoms with van der Waals surface area (Å²) in [6.45, 7) is 3.95. The van der Waals surface area contributed by atoms with E-state index in [2.05, 4.69) is 64.3 Å². The van der Waals surface area contributed by atoms with Gasteiger partial charge < -0.3 is 9.88 Å². The van der Waals surface area contributed by atoms with Gasteiger partial charge in [0.05, 0.1) is 6.54 Å². The van der Waals surface area contributed by atoms with E-state index in [0.717, 1.165) is 31.0 Å². The minimum atomic E-state index is 0.751. The van der Waals surface area contributed by atoms with Gasteiger partial charge in [0.25, 0.3) is 0 Å². The van der Waals surface area contributed by atoms with Gasteiger partial charge in [-0.1, -0.05) is 43.3 Å². The molecule has 1 heterocycles. The number of anilines is 1. The topological polar surface area (TPSA) is 29.9 Å². The summed E-state index contributed by atoms with van der Waals surface area (Å²) in [5.41, 5.74) is 1.16. The summed E-state index contributed by atoms with van der Waals surface area (Å²) in [6, 6.07) is 14.8. The molecule has 0 aliphatic carbocycles. The van der Waals surface area contributed by atoms with Crippen molar-refractivity contribution in [2.45, 2.75) is 26.4 Å². The number of aromatic nitrogens is 2. The molecule has 0 amide bonds. The Morgan fingerprint density at radius 3 is 2.85 bits per heavy atom. The molecule has 0 aliphatic heterocycles. The number of hydrogen-bond donors (Lipinski definition) is 1.